The Morgan fingerprint density at radius 1 is 1.20 bits per heavy atom. The van der Waals surface area contributed by atoms with Crippen LogP contribution in [0.4, 0.5) is 0 Å². The van der Waals surface area contributed by atoms with Crippen LogP contribution in [0.3, 0.4) is 0 Å². The van der Waals surface area contributed by atoms with Crippen LogP contribution in [0.2, 0.25) is 0 Å². The maximum absolute atomic E-state index is 5.22. The van der Waals surface area contributed by atoms with E-state index in [1.54, 1.807) is 12.4 Å². The van der Waals surface area contributed by atoms with E-state index in [4.69, 9.17) is 4.74 Å². The van der Waals surface area contributed by atoms with Crippen molar-refractivity contribution in [3.63, 3.8) is 0 Å². The van der Waals surface area contributed by atoms with Crippen molar-refractivity contribution in [1.29, 1.82) is 0 Å². The van der Waals surface area contributed by atoms with Crippen LogP contribution in [0, 0.1) is 0 Å². The molecule has 1 unspecified atom stereocenters. The molecular weight excluding hydrogens is 250 g/mol. The van der Waals surface area contributed by atoms with Gasteiger partial charge in [-0.15, -0.1) is 0 Å². The Kier molecular flexibility index (Phi) is 4.04. The zero-order chi connectivity index (χ0) is 13.8. The molecule has 0 saturated carbocycles. The second-order valence-electron chi connectivity index (χ2n) is 5.19. The zero-order valence-corrected chi connectivity index (χ0v) is 11.6. The zero-order valence-electron chi connectivity index (χ0n) is 11.6. The number of aromatic nitrogens is 2. The molecule has 1 aliphatic heterocycles. The first-order chi connectivity index (χ1) is 9.83. The predicted octanol–water partition coefficient (Wildman–Crippen LogP) is 2.44. The van der Waals surface area contributed by atoms with Crippen molar-refractivity contribution in [2.75, 3.05) is 13.2 Å². The summed E-state index contributed by atoms with van der Waals surface area (Å²) in [4.78, 5) is 8.52. The van der Waals surface area contributed by atoms with Gasteiger partial charge >= 0.3 is 0 Å². The fraction of sp³-hybridized carbons (Fsp3) is 0.375. The second-order valence-corrected chi connectivity index (χ2v) is 5.19. The first-order valence-electron chi connectivity index (χ1n) is 7.00. The molecule has 3 rings (SSSR count). The third-order valence-electron chi connectivity index (χ3n) is 3.67. The maximum Gasteiger partial charge on any atom is 0.144 e. The third kappa shape index (κ3) is 3.03. The molecule has 1 fully saturated rings. The average molecular weight is 269 g/mol. The largest absolute Gasteiger partial charge is 0.380 e. The summed E-state index contributed by atoms with van der Waals surface area (Å²) in [6.07, 6.45) is 3.55. The molecule has 4 heteroatoms. The van der Waals surface area contributed by atoms with Gasteiger partial charge in [-0.3, -0.25) is 0 Å². The van der Waals surface area contributed by atoms with Gasteiger partial charge in [-0.05, 0) is 24.1 Å². The first kappa shape index (κ1) is 13.2. The SMILES string of the molecule is CC(NCc1ccc(C2COC2)cc1)c1ncccn1. The maximum atomic E-state index is 5.22. The summed E-state index contributed by atoms with van der Waals surface area (Å²) in [5.74, 6) is 1.42. The minimum atomic E-state index is 0.149. The Bertz CT molecular complexity index is 537. The van der Waals surface area contributed by atoms with Gasteiger partial charge in [-0.1, -0.05) is 24.3 Å². The van der Waals surface area contributed by atoms with E-state index in [1.807, 2.05) is 6.07 Å². The van der Waals surface area contributed by atoms with Crippen molar-refractivity contribution >= 4 is 0 Å². The van der Waals surface area contributed by atoms with E-state index in [1.165, 1.54) is 11.1 Å². The quantitative estimate of drug-likeness (QED) is 0.905. The lowest BCUT2D eigenvalue weighted by Gasteiger charge is -2.26. The smallest absolute Gasteiger partial charge is 0.144 e. The molecule has 1 atom stereocenters. The molecule has 1 aromatic heterocycles. The molecule has 0 aliphatic carbocycles. The van der Waals surface area contributed by atoms with Crippen molar-refractivity contribution in [2.24, 2.45) is 0 Å². The summed E-state index contributed by atoms with van der Waals surface area (Å²) in [7, 11) is 0. The highest BCUT2D eigenvalue weighted by molar-refractivity contribution is 5.26. The summed E-state index contributed by atoms with van der Waals surface area (Å²) >= 11 is 0. The van der Waals surface area contributed by atoms with Crippen LogP contribution in [0.15, 0.2) is 42.7 Å². The lowest BCUT2D eigenvalue weighted by molar-refractivity contribution is 0.00841. The van der Waals surface area contributed by atoms with Crippen molar-refractivity contribution in [3.05, 3.63) is 59.7 Å². The van der Waals surface area contributed by atoms with Crippen molar-refractivity contribution in [3.8, 4) is 0 Å². The Hall–Kier alpha value is -1.78. The van der Waals surface area contributed by atoms with Gasteiger partial charge in [0.1, 0.15) is 5.82 Å². The highest BCUT2D eigenvalue weighted by Gasteiger charge is 2.19. The minimum Gasteiger partial charge on any atom is -0.380 e. The van der Waals surface area contributed by atoms with E-state index in [0.717, 1.165) is 25.6 Å². The van der Waals surface area contributed by atoms with Crippen LogP contribution >= 0.6 is 0 Å². The molecule has 0 radical (unpaired) electrons. The molecule has 2 heterocycles. The fourth-order valence-corrected chi connectivity index (χ4v) is 2.23. The van der Waals surface area contributed by atoms with Gasteiger partial charge in [-0.25, -0.2) is 9.97 Å². The standard InChI is InChI=1S/C16H19N3O/c1-12(16-17-7-2-8-18-16)19-9-13-3-5-14(6-4-13)15-10-20-11-15/h2-8,12,15,19H,9-11H2,1H3. The summed E-state index contributed by atoms with van der Waals surface area (Å²) in [5.41, 5.74) is 2.65. The Morgan fingerprint density at radius 2 is 1.90 bits per heavy atom. The number of hydrogen-bond acceptors (Lipinski definition) is 4. The lowest BCUT2D eigenvalue weighted by atomic mass is 9.97. The number of benzene rings is 1. The number of nitrogens with zero attached hydrogens (tertiary/aromatic N) is 2. The van der Waals surface area contributed by atoms with Crippen LogP contribution in [0.1, 0.15) is 35.8 Å². The van der Waals surface area contributed by atoms with Gasteiger partial charge in [0.25, 0.3) is 0 Å². The van der Waals surface area contributed by atoms with E-state index in [9.17, 15) is 0 Å². The van der Waals surface area contributed by atoms with E-state index in [0.29, 0.717) is 5.92 Å². The molecule has 0 spiro atoms. The first-order valence-corrected chi connectivity index (χ1v) is 7.00. The van der Waals surface area contributed by atoms with E-state index < -0.39 is 0 Å². The summed E-state index contributed by atoms with van der Waals surface area (Å²) in [6, 6.07) is 10.7. The van der Waals surface area contributed by atoms with Gasteiger partial charge in [0.05, 0.1) is 19.3 Å². The molecule has 0 amide bonds. The molecule has 104 valence electrons. The van der Waals surface area contributed by atoms with Gasteiger partial charge in [0, 0.05) is 24.9 Å². The molecule has 1 aliphatic rings. The van der Waals surface area contributed by atoms with Crippen LogP contribution < -0.4 is 5.32 Å². The van der Waals surface area contributed by atoms with E-state index in [-0.39, 0.29) is 6.04 Å². The Labute approximate surface area is 119 Å². The molecular formula is C16H19N3O. The predicted molar refractivity (Wildman–Crippen MR) is 77.3 cm³/mol. The Morgan fingerprint density at radius 3 is 2.50 bits per heavy atom. The number of ether oxygens (including phenoxy) is 1. The van der Waals surface area contributed by atoms with Crippen LogP contribution in [0.5, 0.6) is 0 Å². The van der Waals surface area contributed by atoms with Gasteiger partial charge in [0.15, 0.2) is 0 Å². The number of nitrogens with one attached hydrogen (secondary N) is 1. The number of hydrogen-bond donors (Lipinski definition) is 1. The van der Waals surface area contributed by atoms with Crippen LogP contribution in [-0.2, 0) is 11.3 Å². The molecule has 2 aromatic rings. The highest BCUT2D eigenvalue weighted by atomic mass is 16.5. The third-order valence-corrected chi connectivity index (χ3v) is 3.67. The van der Waals surface area contributed by atoms with E-state index in [2.05, 4.69) is 46.5 Å². The van der Waals surface area contributed by atoms with Crippen molar-refractivity contribution in [2.45, 2.75) is 25.4 Å². The number of rotatable bonds is 5. The molecule has 1 saturated heterocycles. The monoisotopic (exact) mass is 269 g/mol. The summed E-state index contributed by atoms with van der Waals surface area (Å²) in [6.45, 7) is 4.62. The Balaban J connectivity index is 1.55. The molecule has 0 bridgehead atoms. The summed E-state index contributed by atoms with van der Waals surface area (Å²) in [5, 5.41) is 3.44. The molecule has 1 aromatic carbocycles. The van der Waals surface area contributed by atoms with Gasteiger partial charge < -0.3 is 10.1 Å². The topological polar surface area (TPSA) is 47.0 Å². The van der Waals surface area contributed by atoms with Gasteiger partial charge in [-0.2, -0.15) is 0 Å². The van der Waals surface area contributed by atoms with Gasteiger partial charge in [0.2, 0.25) is 0 Å². The highest BCUT2D eigenvalue weighted by Crippen LogP contribution is 2.24. The average Bonchev–Trinajstić information content (AvgIpc) is 2.45. The minimum absolute atomic E-state index is 0.149. The van der Waals surface area contributed by atoms with Crippen LogP contribution in [-0.4, -0.2) is 23.2 Å². The lowest BCUT2D eigenvalue weighted by Crippen LogP contribution is -2.25. The molecule has 20 heavy (non-hydrogen) atoms. The normalized spacial score (nSPS) is 16.6. The summed E-state index contributed by atoms with van der Waals surface area (Å²) < 4.78 is 5.22. The van der Waals surface area contributed by atoms with Crippen molar-refractivity contribution in [1.82, 2.24) is 15.3 Å². The second kappa shape index (κ2) is 6.11. The fourth-order valence-electron chi connectivity index (χ4n) is 2.23. The molecule has 1 N–H and O–H groups in total. The van der Waals surface area contributed by atoms with Crippen LogP contribution in [0.25, 0.3) is 0 Å². The van der Waals surface area contributed by atoms with Crippen molar-refractivity contribution < 1.29 is 4.74 Å². The van der Waals surface area contributed by atoms with E-state index >= 15 is 0 Å². The molecule has 4 nitrogen and oxygen atoms in total.